The van der Waals surface area contributed by atoms with Crippen LogP contribution < -0.4 is 4.72 Å². The molecule has 0 aliphatic heterocycles. The number of hydrogen-bond donors (Lipinski definition) is 0. The molecule has 65 valence electrons. The smallest absolute Gasteiger partial charge is 0.206 e. The molecule has 0 spiro atoms. The van der Waals surface area contributed by atoms with Gasteiger partial charge >= 0.3 is 0 Å². The van der Waals surface area contributed by atoms with Crippen LogP contribution in [0.25, 0.3) is 0 Å². The van der Waals surface area contributed by atoms with E-state index in [1.54, 1.807) is 24.3 Å². The fraction of sp³-hybridized carbons (Fsp3) is 0.250. The molecule has 12 heavy (non-hydrogen) atoms. The lowest BCUT2D eigenvalue weighted by Crippen LogP contribution is -2.11. The largest absolute Gasteiger partial charge is 0.256 e. The van der Waals surface area contributed by atoms with E-state index in [0.29, 0.717) is 0 Å². The molecule has 0 atom stereocenters. The van der Waals surface area contributed by atoms with E-state index in [1.807, 2.05) is 6.92 Å². The Morgan fingerprint density at radius 1 is 1.17 bits per heavy atom. The molecule has 0 aliphatic carbocycles. The van der Waals surface area contributed by atoms with Crippen molar-refractivity contribution in [1.29, 1.82) is 0 Å². The summed E-state index contributed by atoms with van der Waals surface area (Å²) in [6.45, 7) is 1.90. The highest BCUT2D eigenvalue weighted by molar-refractivity contribution is 7.89. The third-order valence-corrected chi connectivity index (χ3v) is 2.91. The van der Waals surface area contributed by atoms with Gasteiger partial charge in [-0.25, -0.2) is 8.42 Å². The zero-order valence-corrected chi connectivity index (χ0v) is 7.80. The first-order valence-corrected chi connectivity index (χ1v) is 4.93. The molecule has 0 fully saturated rings. The molecular formula is C8H10NO2S. The van der Waals surface area contributed by atoms with Gasteiger partial charge in [-0.2, -0.15) is 0 Å². The van der Waals surface area contributed by atoms with Gasteiger partial charge in [-0.3, -0.25) is 0 Å². The highest BCUT2D eigenvalue weighted by Gasteiger charge is 2.10. The molecule has 0 aromatic heterocycles. The molecule has 0 saturated carbocycles. The van der Waals surface area contributed by atoms with Crippen molar-refractivity contribution in [3.8, 4) is 0 Å². The van der Waals surface area contributed by atoms with Gasteiger partial charge in [0.2, 0.25) is 0 Å². The monoisotopic (exact) mass is 184 g/mol. The Balaban J connectivity index is 3.14. The van der Waals surface area contributed by atoms with E-state index in [9.17, 15) is 8.42 Å². The summed E-state index contributed by atoms with van der Waals surface area (Å²) < 4.78 is 25.6. The van der Waals surface area contributed by atoms with Gasteiger partial charge in [0, 0.05) is 7.05 Å². The number of sulfonamides is 1. The van der Waals surface area contributed by atoms with E-state index in [-0.39, 0.29) is 4.90 Å². The molecule has 1 rings (SSSR count). The fourth-order valence-corrected chi connectivity index (χ4v) is 1.51. The first-order valence-electron chi connectivity index (χ1n) is 3.49. The van der Waals surface area contributed by atoms with E-state index >= 15 is 0 Å². The summed E-state index contributed by atoms with van der Waals surface area (Å²) in [5.74, 6) is 0. The molecule has 0 amide bonds. The number of aryl methyl sites for hydroxylation is 1. The molecule has 4 heteroatoms. The Morgan fingerprint density at radius 3 is 2.08 bits per heavy atom. The highest BCUT2D eigenvalue weighted by atomic mass is 32.2. The lowest BCUT2D eigenvalue weighted by molar-refractivity contribution is 0.587. The summed E-state index contributed by atoms with van der Waals surface area (Å²) in [5, 5.41) is 0. The van der Waals surface area contributed by atoms with Crippen LogP contribution in [-0.2, 0) is 10.0 Å². The molecular weight excluding hydrogens is 174 g/mol. The molecule has 0 unspecified atom stereocenters. The van der Waals surface area contributed by atoms with Crippen molar-refractivity contribution in [3.05, 3.63) is 29.8 Å². The van der Waals surface area contributed by atoms with Gasteiger partial charge in [0.05, 0.1) is 4.90 Å². The van der Waals surface area contributed by atoms with Crippen molar-refractivity contribution in [2.24, 2.45) is 0 Å². The molecule has 1 aromatic carbocycles. The first kappa shape index (κ1) is 9.22. The van der Waals surface area contributed by atoms with Crippen LogP contribution in [0.3, 0.4) is 0 Å². The minimum absolute atomic E-state index is 0.246. The highest BCUT2D eigenvalue weighted by Crippen LogP contribution is 2.09. The molecule has 1 aromatic rings. The molecule has 0 bridgehead atoms. The SMILES string of the molecule is C[N]S(=O)(=O)c1ccc(C)cc1. The standard InChI is InChI=1S/C8H10NO2S/c1-7-3-5-8(6-4-7)12(10,11)9-2/h3-6H,1-2H3. The van der Waals surface area contributed by atoms with Crippen LogP contribution in [-0.4, -0.2) is 15.5 Å². The van der Waals surface area contributed by atoms with Crippen LogP contribution in [0.2, 0.25) is 0 Å². The molecule has 0 aliphatic rings. The summed E-state index contributed by atoms with van der Waals surface area (Å²) in [4.78, 5) is 0.246. The van der Waals surface area contributed by atoms with Crippen molar-refractivity contribution >= 4 is 10.0 Å². The van der Waals surface area contributed by atoms with Crippen LogP contribution >= 0.6 is 0 Å². The summed E-state index contributed by atoms with van der Waals surface area (Å²) in [5.41, 5.74) is 1.03. The number of rotatable bonds is 2. The maximum absolute atomic E-state index is 11.1. The van der Waals surface area contributed by atoms with Gasteiger partial charge in [-0.1, -0.05) is 17.7 Å². The molecule has 0 saturated heterocycles. The quantitative estimate of drug-likeness (QED) is 0.686. The number of benzene rings is 1. The molecule has 3 nitrogen and oxygen atoms in total. The van der Waals surface area contributed by atoms with Crippen LogP contribution in [0.15, 0.2) is 29.2 Å². The zero-order valence-electron chi connectivity index (χ0n) is 6.98. The Bertz CT molecular complexity index is 353. The maximum Gasteiger partial charge on any atom is 0.256 e. The lowest BCUT2D eigenvalue weighted by atomic mass is 10.2. The predicted octanol–water partition coefficient (Wildman–Crippen LogP) is 0.918. The number of nitrogens with zero attached hydrogens (tertiary/aromatic N) is 1. The summed E-state index contributed by atoms with van der Waals surface area (Å²) >= 11 is 0. The van der Waals surface area contributed by atoms with E-state index in [0.717, 1.165) is 5.56 Å². The summed E-state index contributed by atoms with van der Waals surface area (Å²) in [6.07, 6.45) is 0. The van der Waals surface area contributed by atoms with Crippen LogP contribution in [0, 0.1) is 6.92 Å². The van der Waals surface area contributed by atoms with Gasteiger partial charge in [0.25, 0.3) is 10.0 Å². The average Bonchev–Trinajstić information content (AvgIpc) is 2.05. The van der Waals surface area contributed by atoms with Crippen molar-refractivity contribution in [2.45, 2.75) is 11.8 Å². The van der Waals surface area contributed by atoms with Crippen LogP contribution in [0.1, 0.15) is 5.56 Å². The lowest BCUT2D eigenvalue weighted by Gasteiger charge is -1.99. The van der Waals surface area contributed by atoms with Crippen molar-refractivity contribution < 1.29 is 8.42 Å². The van der Waals surface area contributed by atoms with Gasteiger partial charge < -0.3 is 0 Å². The second-order valence-electron chi connectivity index (χ2n) is 2.47. The fourth-order valence-electron chi connectivity index (χ4n) is 0.816. The third-order valence-electron chi connectivity index (χ3n) is 1.56. The summed E-state index contributed by atoms with van der Waals surface area (Å²) in [6, 6.07) is 6.60. The van der Waals surface area contributed by atoms with Gasteiger partial charge in [-0.15, -0.1) is 4.72 Å². The van der Waals surface area contributed by atoms with E-state index < -0.39 is 10.0 Å². The van der Waals surface area contributed by atoms with E-state index in [2.05, 4.69) is 4.72 Å². The Labute approximate surface area is 72.5 Å². The van der Waals surface area contributed by atoms with E-state index in [4.69, 9.17) is 0 Å². The van der Waals surface area contributed by atoms with Crippen molar-refractivity contribution in [1.82, 2.24) is 4.72 Å². The van der Waals surface area contributed by atoms with Gasteiger partial charge in [-0.05, 0) is 19.1 Å². The van der Waals surface area contributed by atoms with Gasteiger partial charge in [0.1, 0.15) is 0 Å². The predicted molar refractivity (Wildman–Crippen MR) is 46.4 cm³/mol. The van der Waals surface area contributed by atoms with Crippen molar-refractivity contribution in [2.75, 3.05) is 7.05 Å². The van der Waals surface area contributed by atoms with Crippen LogP contribution in [0.5, 0.6) is 0 Å². The minimum Gasteiger partial charge on any atom is -0.206 e. The summed E-state index contributed by atoms with van der Waals surface area (Å²) in [7, 11) is -2.12. The second kappa shape index (κ2) is 3.25. The van der Waals surface area contributed by atoms with Gasteiger partial charge in [0.15, 0.2) is 0 Å². The first-order chi connectivity index (χ1) is 5.56. The second-order valence-corrected chi connectivity index (χ2v) is 4.26. The maximum atomic E-state index is 11.1. The zero-order chi connectivity index (χ0) is 9.19. The van der Waals surface area contributed by atoms with E-state index in [1.165, 1.54) is 7.05 Å². The molecule has 1 radical (unpaired) electrons. The normalized spacial score (nSPS) is 11.5. The average molecular weight is 184 g/mol. The molecule has 0 heterocycles. The Morgan fingerprint density at radius 2 is 1.67 bits per heavy atom. The van der Waals surface area contributed by atoms with Crippen LogP contribution in [0.4, 0.5) is 0 Å². The van der Waals surface area contributed by atoms with Crippen molar-refractivity contribution in [3.63, 3.8) is 0 Å². The Hall–Kier alpha value is -0.870. The third kappa shape index (κ3) is 1.84. The Kier molecular flexibility index (Phi) is 2.49. The topological polar surface area (TPSA) is 48.2 Å². The molecule has 0 N–H and O–H groups in total. The number of hydrogen-bond acceptors (Lipinski definition) is 2. The minimum atomic E-state index is -3.39.